The van der Waals surface area contributed by atoms with Crippen molar-refractivity contribution in [3.05, 3.63) is 28.8 Å². The van der Waals surface area contributed by atoms with Crippen molar-refractivity contribution in [2.45, 2.75) is 12.5 Å². The molecule has 0 N–H and O–H groups in total. The van der Waals surface area contributed by atoms with Crippen molar-refractivity contribution in [2.24, 2.45) is 0 Å². The van der Waals surface area contributed by atoms with Gasteiger partial charge in [0.15, 0.2) is 6.10 Å². The highest BCUT2D eigenvalue weighted by atomic mass is 35.5. The van der Waals surface area contributed by atoms with E-state index in [0.717, 1.165) is 35.9 Å². The van der Waals surface area contributed by atoms with Crippen molar-refractivity contribution in [3.63, 3.8) is 0 Å². The van der Waals surface area contributed by atoms with Crippen LogP contribution in [0.1, 0.15) is 5.56 Å². The zero-order valence-corrected chi connectivity index (χ0v) is 11.5. The molecule has 1 aromatic rings. The highest BCUT2D eigenvalue weighted by molar-refractivity contribution is 7.99. The second-order valence-electron chi connectivity index (χ2n) is 4.50. The van der Waals surface area contributed by atoms with Gasteiger partial charge in [-0.2, -0.15) is 11.8 Å². The summed E-state index contributed by atoms with van der Waals surface area (Å²) < 4.78 is 5.72. The number of benzene rings is 1. The summed E-state index contributed by atoms with van der Waals surface area (Å²) in [4.78, 5) is 14.2. The first-order valence-electron chi connectivity index (χ1n) is 6.05. The molecule has 3 rings (SSSR count). The Morgan fingerprint density at radius 2 is 2.17 bits per heavy atom. The average molecular weight is 284 g/mol. The molecule has 0 aliphatic carbocycles. The molecule has 1 aromatic carbocycles. The van der Waals surface area contributed by atoms with Crippen molar-refractivity contribution < 1.29 is 9.53 Å². The Labute approximate surface area is 115 Å². The highest BCUT2D eigenvalue weighted by Gasteiger charge is 2.32. The van der Waals surface area contributed by atoms with Gasteiger partial charge >= 0.3 is 0 Å². The van der Waals surface area contributed by atoms with E-state index in [-0.39, 0.29) is 12.0 Å². The molecule has 0 unspecified atom stereocenters. The fourth-order valence-electron chi connectivity index (χ4n) is 2.34. The fourth-order valence-corrected chi connectivity index (χ4v) is 3.44. The minimum atomic E-state index is -0.360. The lowest BCUT2D eigenvalue weighted by atomic mass is 10.1. The number of amides is 1. The van der Waals surface area contributed by atoms with E-state index in [9.17, 15) is 4.79 Å². The Morgan fingerprint density at radius 1 is 1.39 bits per heavy atom. The number of fused-ring (bicyclic) bond motifs is 1. The second-order valence-corrected chi connectivity index (χ2v) is 6.16. The van der Waals surface area contributed by atoms with Crippen LogP contribution >= 0.6 is 23.4 Å². The Bertz CT molecular complexity index is 474. The number of thioether (sulfide) groups is 1. The molecule has 0 radical (unpaired) electrons. The van der Waals surface area contributed by atoms with Gasteiger partial charge in [0.05, 0.1) is 0 Å². The van der Waals surface area contributed by atoms with E-state index in [1.54, 1.807) is 6.07 Å². The number of hydrogen-bond donors (Lipinski definition) is 0. The Balaban J connectivity index is 1.71. The van der Waals surface area contributed by atoms with Crippen molar-refractivity contribution >= 4 is 29.3 Å². The number of halogens is 1. The molecule has 18 heavy (non-hydrogen) atoms. The van der Waals surface area contributed by atoms with E-state index in [1.165, 1.54) is 0 Å². The van der Waals surface area contributed by atoms with Crippen LogP contribution in [-0.2, 0) is 11.2 Å². The molecule has 1 amide bonds. The maximum atomic E-state index is 12.3. The summed E-state index contributed by atoms with van der Waals surface area (Å²) in [6.45, 7) is 1.67. The van der Waals surface area contributed by atoms with Crippen LogP contribution in [0.5, 0.6) is 5.75 Å². The molecule has 1 atom stereocenters. The van der Waals surface area contributed by atoms with Crippen LogP contribution in [0.3, 0.4) is 0 Å². The van der Waals surface area contributed by atoms with Crippen LogP contribution in [0.2, 0.25) is 5.02 Å². The molecular formula is C13H14ClNO2S. The molecule has 0 aromatic heterocycles. The van der Waals surface area contributed by atoms with Crippen molar-refractivity contribution in [1.29, 1.82) is 0 Å². The summed E-state index contributed by atoms with van der Waals surface area (Å²) in [6.07, 6.45) is 0.278. The lowest BCUT2D eigenvalue weighted by Gasteiger charge is -2.28. The van der Waals surface area contributed by atoms with Crippen molar-refractivity contribution in [2.75, 3.05) is 24.6 Å². The third-order valence-corrected chi connectivity index (χ3v) is 4.47. The van der Waals surface area contributed by atoms with Gasteiger partial charge in [0, 0.05) is 36.0 Å². The average Bonchev–Trinajstić information content (AvgIpc) is 2.81. The second kappa shape index (κ2) is 5.02. The van der Waals surface area contributed by atoms with E-state index < -0.39 is 0 Å². The summed E-state index contributed by atoms with van der Waals surface area (Å²) in [5.74, 6) is 2.96. The van der Waals surface area contributed by atoms with E-state index in [4.69, 9.17) is 16.3 Å². The lowest BCUT2D eigenvalue weighted by Crippen LogP contribution is -2.45. The fraction of sp³-hybridized carbons (Fsp3) is 0.462. The van der Waals surface area contributed by atoms with E-state index in [0.29, 0.717) is 11.4 Å². The van der Waals surface area contributed by atoms with Crippen molar-refractivity contribution in [1.82, 2.24) is 4.90 Å². The van der Waals surface area contributed by atoms with Crippen LogP contribution < -0.4 is 4.74 Å². The first-order chi connectivity index (χ1) is 8.74. The van der Waals surface area contributed by atoms with Gasteiger partial charge in [-0.15, -0.1) is 0 Å². The molecule has 1 fully saturated rings. The normalized spacial score (nSPS) is 22.5. The summed E-state index contributed by atoms with van der Waals surface area (Å²) >= 11 is 7.84. The van der Waals surface area contributed by atoms with Crippen LogP contribution in [0.15, 0.2) is 18.2 Å². The molecule has 1 saturated heterocycles. The number of nitrogens with zero attached hydrogens (tertiary/aromatic N) is 1. The number of ether oxygens (including phenoxy) is 1. The van der Waals surface area contributed by atoms with Gasteiger partial charge in [-0.25, -0.2) is 0 Å². The predicted octanol–water partition coefficient (Wildman–Crippen LogP) is 2.22. The monoisotopic (exact) mass is 283 g/mol. The largest absolute Gasteiger partial charge is 0.480 e. The molecule has 0 saturated carbocycles. The van der Waals surface area contributed by atoms with Gasteiger partial charge in [-0.1, -0.05) is 11.6 Å². The molecule has 2 aliphatic rings. The predicted molar refractivity (Wildman–Crippen MR) is 73.5 cm³/mol. The smallest absolute Gasteiger partial charge is 0.264 e. The number of carbonyl (C=O) groups excluding carboxylic acids is 1. The summed E-state index contributed by atoms with van der Waals surface area (Å²) in [5.41, 5.74) is 1.03. The molecule has 0 bridgehead atoms. The highest BCUT2D eigenvalue weighted by Crippen LogP contribution is 2.31. The van der Waals surface area contributed by atoms with E-state index in [2.05, 4.69) is 0 Å². The molecule has 3 nitrogen and oxygen atoms in total. The molecule has 5 heteroatoms. The zero-order valence-electron chi connectivity index (χ0n) is 9.89. The number of rotatable bonds is 1. The topological polar surface area (TPSA) is 29.5 Å². The standard InChI is InChI=1S/C13H14ClNO2S/c14-10-1-2-11-9(7-10)8-12(17-11)13(16)15-3-5-18-6-4-15/h1-2,7,12H,3-6,8H2/t12-/m0/s1. The van der Waals surface area contributed by atoms with Crippen molar-refractivity contribution in [3.8, 4) is 5.75 Å². The maximum absolute atomic E-state index is 12.3. The van der Waals surface area contributed by atoms with Gasteiger partial charge in [0.1, 0.15) is 5.75 Å². The maximum Gasteiger partial charge on any atom is 0.264 e. The molecule has 0 spiro atoms. The third-order valence-electron chi connectivity index (χ3n) is 3.30. The minimum absolute atomic E-state index is 0.114. The molecule has 2 heterocycles. The Morgan fingerprint density at radius 3 is 2.94 bits per heavy atom. The van der Waals surface area contributed by atoms with Gasteiger partial charge in [-0.3, -0.25) is 4.79 Å². The summed E-state index contributed by atoms with van der Waals surface area (Å²) in [6, 6.07) is 5.53. The van der Waals surface area contributed by atoms with Gasteiger partial charge in [0.25, 0.3) is 5.91 Å². The quantitative estimate of drug-likeness (QED) is 0.791. The van der Waals surface area contributed by atoms with Crippen LogP contribution in [0.25, 0.3) is 0 Å². The third kappa shape index (κ3) is 2.31. The first-order valence-corrected chi connectivity index (χ1v) is 7.59. The zero-order chi connectivity index (χ0) is 12.5. The molecule has 2 aliphatic heterocycles. The molecular weight excluding hydrogens is 270 g/mol. The number of hydrogen-bond acceptors (Lipinski definition) is 3. The van der Waals surface area contributed by atoms with Crippen LogP contribution in [0, 0.1) is 0 Å². The SMILES string of the molecule is O=C([C@@H]1Cc2cc(Cl)ccc2O1)N1CCSCC1. The van der Waals surface area contributed by atoms with E-state index in [1.807, 2.05) is 28.8 Å². The van der Waals surface area contributed by atoms with Crippen LogP contribution in [-0.4, -0.2) is 41.5 Å². The van der Waals surface area contributed by atoms with Gasteiger partial charge in [-0.05, 0) is 23.8 Å². The van der Waals surface area contributed by atoms with Gasteiger partial charge in [0.2, 0.25) is 0 Å². The lowest BCUT2D eigenvalue weighted by molar-refractivity contribution is -0.137. The minimum Gasteiger partial charge on any atom is -0.480 e. The number of carbonyl (C=O) groups is 1. The summed E-state index contributed by atoms with van der Waals surface area (Å²) in [5, 5.41) is 0.694. The molecule has 96 valence electrons. The summed E-state index contributed by atoms with van der Waals surface area (Å²) in [7, 11) is 0. The van der Waals surface area contributed by atoms with E-state index >= 15 is 0 Å². The van der Waals surface area contributed by atoms with Crippen LogP contribution in [0.4, 0.5) is 0 Å². The first kappa shape index (κ1) is 12.2. The van der Waals surface area contributed by atoms with Gasteiger partial charge < -0.3 is 9.64 Å². The Kier molecular flexibility index (Phi) is 3.39. The Hall–Kier alpha value is -0.870.